The largest absolute Gasteiger partial charge is 0.352 e. The van der Waals surface area contributed by atoms with Gasteiger partial charge < -0.3 is 10.2 Å². The summed E-state index contributed by atoms with van der Waals surface area (Å²) in [7, 11) is 0. The van der Waals surface area contributed by atoms with Gasteiger partial charge >= 0.3 is 0 Å². The number of nitrogens with one attached hydrogen (secondary N) is 2. The molecule has 2 aliphatic heterocycles. The normalized spacial score (nSPS) is 20.9. The molecule has 0 radical (unpaired) electrons. The highest BCUT2D eigenvalue weighted by atomic mass is 16.2. The van der Waals surface area contributed by atoms with E-state index in [-0.39, 0.29) is 17.7 Å². The first-order chi connectivity index (χ1) is 14.6. The van der Waals surface area contributed by atoms with Gasteiger partial charge in [0.05, 0.1) is 35.9 Å². The molecule has 1 saturated heterocycles. The number of amides is 3. The number of benzene rings is 2. The van der Waals surface area contributed by atoms with Crippen molar-refractivity contribution in [3.05, 3.63) is 65.2 Å². The lowest BCUT2D eigenvalue weighted by atomic mass is 10.0. The SMILES string of the molecule is C[C@@H]1CCCC[NH+]1CCCNC(=O)c1ccc(N2C(=O)c3ccccc3C2=O)cc1. The molecule has 6 nitrogen and oxygen atoms in total. The van der Waals surface area contributed by atoms with E-state index in [2.05, 4.69) is 12.2 Å². The minimum absolute atomic E-state index is 0.134. The lowest BCUT2D eigenvalue weighted by Gasteiger charge is -2.30. The maximum atomic E-state index is 12.6. The lowest BCUT2D eigenvalue weighted by molar-refractivity contribution is -0.928. The van der Waals surface area contributed by atoms with E-state index in [1.165, 1.54) is 25.8 Å². The van der Waals surface area contributed by atoms with Gasteiger partial charge in [0, 0.05) is 18.5 Å². The van der Waals surface area contributed by atoms with Crippen molar-refractivity contribution >= 4 is 23.4 Å². The van der Waals surface area contributed by atoms with Crippen molar-refractivity contribution in [1.82, 2.24) is 5.32 Å². The molecular formula is C24H28N3O3+. The first kappa shape index (κ1) is 20.3. The second-order valence-corrected chi connectivity index (χ2v) is 8.20. The monoisotopic (exact) mass is 406 g/mol. The first-order valence-electron chi connectivity index (χ1n) is 10.8. The van der Waals surface area contributed by atoms with Gasteiger partial charge in [0.1, 0.15) is 0 Å². The predicted octanol–water partition coefficient (Wildman–Crippen LogP) is 2.06. The van der Waals surface area contributed by atoms with E-state index in [9.17, 15) is 14.4 Å². The van der Waals surface area contributed by atoms with Crippen LogP contribution in [0.1, 0.15) is 63.7 Å². The zero-order valence-electron chi connectivity index (χ0n) is 17.3. The van der Waals surface area contributed by atoms with Gasteiger partial charge in [-0.25, -0.2) is 4.90 Å². The molecule has 1 fully saturated rings. The van der Waals surface area contributed by atoms with Crippen LogP contribution in [0.4, 0.5) is 5.69 Å². The van der Waals surface area contributed by atoms with Gasteiger partial charge in [0.2, 0.25) is 0 Å². The minimum atomic E-state index is -0.331. The average Bonchev–Trinajstić information content (AvgIpc) is 3.03. The molecule has 1 unspecified atom stereocenters. The zero-order valence-corrected chi connectivity index (χ0v) is 17.3. The van der Waals surface area contributed by atoms with E-state index in [0.29, 0.717) is 35.0 Å². The molecule has 156 valence electrons. The molecule has 2 heterocycles. The summed E-state index contributed by atoms with van der Waals surface area (Å²) in [5.41, 5.74) is 1.82. The Kier molecular flexibility index (Phi) is 5.95. The van der Waals surface area contributed by atoms with Crippen molar-refractivity contribution in [2.45, 2.75) is 38.6 Å². The van der Waals surface area contributed by atoms with Crippen LogP contribution in [-0.2, 0) is 0 Å². The molecule has 0 aromatic heterocycles. The Balaban J connectivity index is 1.32. The standard InChI is InChI=1S/C24H27N3O3/c1-17-7-4-5-15-26(17)16-6-14-25-22(28)18-10-12-19(13-11-18)27-23(29)20-8-2-3-9-21(20)24(27)30/h2-3,8-13,17H,4-7,14-16H2,1H3,(H,25,28)/p+1/t17-/m1/s1. The summed E-state index contributed by atoms with van der Waals surface area (Å²) < 4.78 is 0. The maximum absolute atomic E-state index is 12.6. The molecule has 0 aliphatic carbocycles. The van der Waals surface area contributed by atoms with Crippen LogP contribution >= 0.6 is 0 Å². The van der Waals surface area contributed by atoms with E-state index in [1.54, 1.807) is 53.4 Å². The van der Waals surface area contributed by atoms with Gasteiger partial charge in [-0.15, -0.1) is 0 Å². The Hall–Kier alpha value is -2.99. The molecule has 2 atom stereocenters. The number of carbonyl (C=O) groups is 3. The lowest BCUT2D eigenvalue weighted by Crippen LogP contribution is -3.16. The summed E-state index contributed by atoms with van der Waals surface area (Å²) in [6.45, 7) is 5.27. The third-order valence-corrected chi connectivity index (χ3v) is 6.22. The van der Waals surface area contributed by atoms with Gasteiger partial charge in [-0.3, -0.25) is 14.4 Å². The number of quaternary nitrogens is 1. The van der Waals surface area contributed by atoms with Gasteiger partial charge in [0.25, 0.3) is 17.7 Å². The highest BCUT2D eigenvalue weighted by molar-refractivity contribution is 6.34. The fraction of sp³-hybridized carbons (Fsp3) is 0.375. The number of anilines is 1. The van der Waals surface area contributed by atoms with Crippen LogP contribution in [0.2, 0.25) is 0 Å². The molecule has 6 heteroatoms. The molecule has 30 heavy (non-hydrogen) atoms. The topological polar surface area (TPSA) is 70.9 Å². The smallest absolute Gasteiger partial charge is 0.266 e. The molecule has 0 saturated carbocycles. The van der Waals surface area contributed by atoms with Crippen LogP contribution in [-0.4, -0.2) is 43.4 Å². The predicted molar refractivity (Wildman–Crippen MR) is 115 cm³/mol. The van der Waals surface area contributed by atoms with Gasteiger partial charge in [-0.05, 0) is 62.6 Å². The van der Waals surface area contributed by atoms with Crippen LogP contribution in [0.25, 0.3) is 0 Å². The van der Waals surface area contributed by atoms with Crippen LogP contribution in [0.15, 0.2) is 48.5 Å². The molecule has 0 bridgehead atoms. The molecular weight excluding hydrogens is 378 g/mol. The van der Waals surface area contributed by atoms with Crippen LogP contribution in [0.5, 0.6) is 0 Å². The molecule has 3 amide bonds. The summed E-state index contributed by atoms with van der Waals surface area (Å²) in [4.78, 5) is 40.4. The van der Waals surface area contributed by atoms with Gasteiger partial charge in [-0.1, -0.05) is 12.1 Å². The summed E-state index contributed by atoms with van der Waals surface area (Å²) >= 11 is 0. The Labute approximate surface area is 176 Å². The number of hydrogen-bond donors (Lipinski definition) is 2. The molecule has 0 spiro atoms. The summed E-state index contributed by atoms with van der Waals surface area (Å²) in [5, 5.41) is 2.97. The van der Waals surface area contributed by atoms with E-state index in [0.717, 1.165) is 17.9 Å². The van der Waals surface area contributed by atoms with E-state index >= 15 is 0 Å². The third kappa shape index (κ3) is 4.00. The Morgan fingerprint density at radius 3 is 2.33 bits per heavy atom. The number of imide groups is 1. The second kappa shape index (κ2) is 8.79. The zero-order chi connectivity index (χ0) is 21.1. The second-order valence-electron chi connectivity index (χ2n) is 8.20. The molecule has 2 aromatic rings. The number of likely N-dealkylation sites (tertiary alicyclic amines) is 1. The Morgan fingerprint density at radius 2 is 1.70 bits per heavy atom. The maximum Gasteiger partial charge on any atom is 0.266 e. The minimum Gasteiger partial charge on any atom is -0.352 e. The molecule has 2 aromatic carbocycles. The fourth-order valence-electron chi connectivity index (χ4n) is 4.43. The molecule has 4 rings (SSSR count). The fourth-order valence-corrected chi connectivity index (χ4v) is 4.43. The van der Waals surface area contributed by atoms with Crippen molar-refractivity contribution < 1.29 is 19.3 Å². The van der Waals surface area contributed by atoms with Crippen molar-refractivity contribution in [1.29, 1.82) is 0 Å². The molecule has 2 aliphatic rings. The van der Waals surface area contributed by atoms with Crippen LogP contribution < -0.4 is 15.1 Å². The summed E-state index contributed by atoms with van der Waals surface area (Å²) in [6, 6.07) is 14.1. The third-order valence-electron chi connectivity index (χ3n) is 6.22. The summed E-state index contributed by atoms with van der Waals surface area (Å²) in [6.07, 6.45) is 4.88. The van der Waals surface area contributed by atoms with E-state index < -0.39 is 0 Å². The number of hydrogen-bond acceptors (Lipinski definition) is 3. The summed E-state index contributed by atoms with van der Waals surface area (Å²) in [5.74, 6) is -0.796. The molecule has 2 N–H and O–H groups in total. The first-order valence-corrected chi connectivity index (χ1v) is 10.8. The van der Waals surface area contributed by atoms with Crippen LogP contribution in [0.3, 0.4) is 0 Å². The van der Waals surface area contributed by atoms with E-state index in [1.807, 2.05) is 0 Å². The highest BCUT2D eigenvalue weighted by Crippen LogP contribution is 2.28. The number of piperidine rings is 1. The number of rotatable bonds is 6. The Bertz CT molecular complexity index is 919. The Morgan fingerprint density at radius 1 is 1.03 bits per heavy atom. The highest BCUT2D eigenvalue weighted by Gasteiger charge is 2.36. The number of carbonyl (C=O) groups excluding carboxylic acids is 3. The van der Waals surface area contributed by atoms with Crippen molar-refractivity contribution in [3.63, 3.8) is 0 Å². The number of nitrogens with zero attached hydrogens (tertiary/aromatic N) is 1. The number of fused-ring (bicyclic) bond motifs is 1. The van der Waals surface area contributed by atoms with Gasteiger partial charge in [-0.2, -0.15) is 0 Å². The quantitative estimate of drug-likeness (QED) is 0.570. The van der Waals surface area contributed by atoms with Crippen molar-refractivity contribution in [3.8, 4) is 0 Å². The van der Waals surface area contributed by atoms with E-state index in [4.69, 9.17) is 0 Å². The van der Waals surface area contributed by atoms with Gasteiger partial charge in [0.15, 0.2) is 0 Å². The van der Waals surface area contributed by atoms with Crippen molar-refractivity contribution in [2.75, 3.05) is 24.5 Å². The average molecular weight is 407 g/mol. The van der Waals surface area contributed by atoms with Crippen LogP contribution in [0, 0.1) is 0 Å². The van der Waals surface area contributed by atoms with Crippen molar-refractivity contribution in [2.24, 2.45) is 0 Å².